The van der Waals surface area contributed by atoms with E-state index in [0.717, 1.165) is 30.6 Å². The molecule has 0 N–H and O–H groups in total. The van der Waals surface area contributed by atoms with Crippen molar-refractivity contribution in [3.8, 4) is 11.1 Å². The molecule has 4 heterocycles. The lowest BCUT2D eigenvalue weighted by Gasteiger charge is -2.26. The van der Waals surface area contributed by atoms with Crippen LogP contribution in [-0.2, 0) is 10.2 Å². The molecule has 7 nitrogen and oxygen atoms in total. The van der Waals surface area contributed by atoms with Crippen molar-refractivity contribution in [2.45, 2.75) is 18.3 Å². The van der Waals surface area contributed by atoms with Crippen LogP contribution in [0.3, 0.4) is 0 Å². The van der Waals surface area contributed by atoms with Crippen LogP contribution in [0.2, 0.25) is 0 Å². The Labute approximate surface area is 184 Å². The SMILES string of the molecule is O=C(c1cc2c(cn1)C1(CC1)CN2c1ncc(-c2ccccc2F)cn1)N1CCOCC1. The molecule has 8 heteroatoms. The second-order valence-corrected chi connectivity index (χ2v) is 8.61. The number of rotatable bonds is 3. The first kappa shape index (κ1) is 19.3. The van der Waals surface area contributed by atoms with Crippen LogP contribution in [0.5, 0.6) is 0 Å². The van der Waals surface area contributed by atoms with Gasteiger partial charge in [-0.25, -0.2) is 14.4 Å². The highest BCUT2D eigenvalue weighted by molar-refractivity contribution is 5.94. The van der Waals surface area contributed by atoms with Crippen LogP contribution in [0.25, 0.3) is 11.1 Å². The van der Waals surface area contributed by atoms with Gasteiger partial charge in [-0.3, -0.25) is 9.78 Å². The minimum absolute atomic E-state index is 0.0659. The number of morpholine rings is 1. The van der Waals surface area contributed by atoms with Crippen molar-refractivity contribution in [3.05, 3.63) is 66.0 Å². The molecule has 3 aromatic rings. The van der Waals surface area contributed by atoms with E-state index in [1.165, 1.54) is 6.07 Å². The monoisotopic (exact) mass is 431 g/mol. The summed E-state index contributed by atoms with van der Waals surface area (Å²) in [5.41, 5.74) is 3.69. The van der Waals surface area contributed by atoms with Gasteiger partial charge in [-0.1, -0.05) is 18.2 Å². The molecule has 0 atom stereocenters. The number of halogens is 1. The Morgan fingerprint density at radius 2 is 1.78 bits per heavy atom. The van der Waals surface area contributed by atoms with E-state index in [1.54, 1.807) is 35.5 Å². The first-order chi connectivity index (χ1) is 15.6. The molecule has 1 saturated heterocycles. The number of hydrogen-bond donors (Lipinski definition) is 0. The average molecular weight is 431 g/mol. The number of ether oxygens (including phenoxy) is 1. The van der Waals surface area contributed by atoms with Gasteiger partial charge in [-0.15, -0.1) is 0 Å². The molecule has 1 aliphatic carbocycles. The van der Waals surface area contributed by atoms with Gasteiger partial charge in [-0.2, -0.15) is 0 Å². The van der Waals surface area contributed by atoms with Gasteiger partial charge in [0.25, 0.3) is 5.91 Å². The maximum absolute atomic E-state index is 14.1. The molecule has 6 rings (SSSR count). The third-order valence-electron chi connectivity index (χ3n) is 6.64. The van der Waals surface area contributed by atoms with E-state index < -0.39 is 0 Å². The molecule has 2 fully saturated rings. The first-order valence-electron chi connectivity index (χ1n) is 10.9. The standard InChI is InChI=1S/C24H22FN5O2/c25-19-4-2-1-3-17(19)16-12-27-23(28-13-16)30-15-24(5-6-24)18-14-26-20(11-21(18)30)22(31)29-7-9-32-10-8-29/h1-4,11-14H,5-10,15H2. The predicted octanol–water partition coefficient (Wildman–Crippen LogP) is 3.33. The number of aromatic nitrogens is 3. The zero-order chi connectivity index (χ0) is 21.7. The maximum Gasteiger partial charge on any atom is 0.272 e. The summed E-state index contributed by atoms with van der Waals surface area (Å²) >= 11 is 0. The molecule has 2 aromatic heterocycles. The van der Waals surface area contributed by atoms with Gasteiger partial charge >= 0.3 is 0 Å². The summed E-state index contributed by atoms with van der Waals surface area (Å²) in [5, 5.41) is 0. The van der Waals surface area contributed by atoms with Gasteiger partial charge in [-0.05, 0) is 25.0 Å². The van der Waals surface area contributed by atoms with Crippen LogP contribution >= 0.6 is 0 Å². The van der Waals surface area contributed by atoms with Crippen molar-refractivity contribution in [2.75, 3.05) is 37.7 Å². The van der Waals surface area contributed by atoms with Crippen molar-refractivity contribution in [1.82, 2.24) is 19.9 Å². The number of anilines is 2. The van der Waals surface area contributed by atoms with Gasteiger partial charge in [0.1, 0.15) is 11.5 Å². The van der Waals surface area contributed by atoms with Crippen molar-refractivity contribution in [3.63, 3.8) is 0 Å². The molecule has 0 bridgehead atoms. The van der Waals surface area contributed by atoms with E-state index >= 15 is 0 Å². The third kappa shape index (κ3) is 3.14. The Kier molecular flexibility index (Phi) is 4.43. The van der Waals surface area contributed by atoms with Gasteiger partial charge in [0, 0.05) is 60.3 Å². The second kappa shape index (κ2) is 7.34. The minimum Gasteiger partial charge on any atom is -0.378 e. The quantitative estimate of drug-likeness (QED) is 0.634. The fourth-order valence-electron chi connectivity index (χ4n) is 4.65. The molecular weight excluding hydrogens is 409 g/mol. The summed E-state index contributed by atoms with van der Waals surface area (Å²) < 4.78 is 19.5. The van der Waals surface area contributed by atoms with Crippen LogP contribution in [0, 0.1) is 5.82 Å². The minimum atomic E-state index is -0.301. The Bertz CT molecular complexity index is 1190. The normalized spacial score (nSPS) is 18.7. The molecule has 3 aliphatic rings. The van der Waals surface area contributed by atoms with Crippen LogP contribution in [0.1, 0.15) is 28.9 Å². The molecule has 1 amide bonds. The Morgan fingerprint density at radius 1 is 1.03 bits per heavy atom. The number of pyridine rings is 1. The largest absolute Gasteiger partial charge is 0.378 e. The smallest absolute Gasteiger partial charge is 0.272 e. The summed E-state index contributed by atoms with van der Waals surface area (Å²) in [6.07, 6.45) is 7.33. The fraction of sp³-hybridized carbons (Fsp3) is 0.333. The Morgan fingerprint density at radius 3 is 2.50 bits per heavy atom. The molecule has 0 radical (unpaired) electrons. The molecular formula is C24H22FN5O2. The zero-order valence-corrected chi connectivity index (χ0v) is 17.5. The van der Waals surface area contributed by atoms with E-state index in [1.807, 2.05) is 12.3 Å². The number of fused-ring (bicyclic) bond motifs is 2. The van der Waals surface area contributed by atoms with Gasteiger partial charge in [0.15, 0.2) is 0 Å². The lowest BCUT2D eigenvalue weighted by atomic mass is 10.0. The fourth-order valence-corrected chi connectivity index (χ4v) is 4.65. The first-order valence-corrected chi connectivity index (χ1v) is 10.9. The van der Waals surface area contributed by atoms with E-state index in [2.05, 4.69) is 19.9 Å². The van der Waals surface area contributed by atoms with E-state index in [9.17, 15) is 9.18 Å². The predicted molar refractivity (Wildman–Crippen MR) is 116 cm³/mol. The van der Waals surface area contributed by atoms with Gasteiger partial charge in [0.05, 0.1) is 18.9 Å². The summed E-state index contributed by atoms with van der Waals surface area (Å²) in [5.74, 6) is 0.166. The number of hydrogen-bond acceptors (Lipinski definition) is 6. The summed E-state index contributed by atoms with van der Waals surface area (Å²) in [6.45, 7) is 3.01. The topological polar surface area (TPSA) is 71.5 Å². The van der Waals surface area contributed by atoms with Gasteiger partial charge < -0.3 is 14.5 Å². The van der Waals surface area contributed by atoms with E-state index in [-0.39, 0.29) is 17.1 Å². The molecule has 2 aliphatic heterocycles. The maximum atomic E-state index is 14.1. The van der Waals surface area contributed by atoms with Crippen LogP contribution in [-0.4, -0.2) is 58.6 Å². The molecule has 162 valence electrons. The molecule has 1 saturated carbocycles. The van der Waals surface area contributed by atoms with E-state index in [0.29, 0.717) is 49.1 Å². The highest BCUT2D eigenvalue weighted by Crippen LogP contribution is 2.57. The summed E-state index contributed by atoms with van der Waals surface area (Å²) in [7, 11) is 0. The molecule has 0 unspecified atom stereocenters. The second-order valence-electron chi connectivity index (χ2n) is 8.61. The van der Waals surface area contributed by atoms with Crippen molar-refractivity contribution < 1.29 is 13.9 Å². The molecule has 1 spiro atoms. The highest BCUT2D eigenvalue weighted by atomic mass is 19.1. The zero-order valence-electron chi connectivity index (χ0n) is 17.5. The van der Waals surface area contributed by atoms with Crippen LogP contribution < -0.4 is 4.90 Å². The summed E-state index contributed by atoms with van der Waals surface area (Å²) in [6, 6.07) is 8.46. The third-order valence-corrected chi connectivity index (χ3v) is 6.64. The number of carbonyl (C=O) groups is 1. The van der Waals surface area contributed by atoms with Crippen molar-refractivity contribution in [2.24, 2.45) is 0 Å². The number of carbonyl (C=O) groups excluding carboxylic acids is 1. The molecule has 32 heavy (non-hydrogen) atoms. The highest BCUT2D eigenvalue weighted by Gasteiger charge is 2.53. The lowest BCUT2D eigenvalue weighted by molar-refractivity contribution is 0.0299. The Hall–Kier alpha value is -3.39. The lowest BCUT2D eigenvalue weighted by Crippen LogP contribution is -2.41. The molecule has 1 aromatic carbocycles. The number of nitrogens with zero attached hydrogens (tertiary/aromatic N) is 5. The van der Waals surface area contributed by atoms with Crippen LogP contribution in [0.15, 0.2) is 48.9 Å². The van der Waals surface area contributed by atoms with Gasteiger partial charge in [0.2, 0.25) is 5.95 Å². The summed E-state index contributed by atoms with van der Waals surface area (Å²) in [4.78, 5) is 30.4. The van der Waals surface area contributed by atoms with Crippen LogP contribution in [0.4, 0.5) is 16.0 Å². The number of benzene rings is 1. The Balaban J connectivity index is 1.33. The van der Waals surface area contributed by atoms with Crippen molar-refractivity contribution in [1.29, 1.82) is 0 Å². The average Bonchev–Trinajstić information content (AvgIpc) is 3.56. The van der Waals surface area contributed by atoms with E-state index in [4.69, 9.17) is 4.74 Å². The van der Waals surface area contributed by atoms with Crippen molar-refractivity contribution >= 4 is 17.5 Å². The number of amides is 1.